The minimum atomic E-state index is -4.70. The number of hydrogen-bond acceptors (Lipinski definition) is 4. The molecule has 1 aromatic heterocycles. The summed E-state index contributed by atoms with van der Waals surface area (Å²) in [5.41, 5.74) is -0.298. The predicted molar refractivity (Wildman–Crippen MR) is 101 cm³/mol. The van der Waals surface area contributed by atoms with Crippen molar-refractivity contribution in [1.82, 2.24) is 4.98 Å². The van der Waals surface area contributed by atoms with Gasteiger partial charge in [-0.3, -0.25) is 9.78 Å². The summed E-state index contributed by atoms with van der Waals surface area (Å²) in [5.74, 6) is -1.67. The molecule has 0 aliphatic heterocycles. The highest BCUT2D eigenvalue weighted by Gasteiger charge is 2.39. The molecule has 0 radical (unpaired) electrons. The predicted octanol–water partition coefficient (Wildman–Crippen LogP) is 4.77. The van der Waals surface area contributed by atoms with Crippen molar-refractivity contribution in [3.8, 4) is 0 Å². The van der Waals surface area contributed by atoms with Crippen molar-refractivity contribution in [3.05, 3.63) is 69.7 Å². The van der Waals surface area contributed by atoms with Crippen LogP contribution in [0, 0.1) is 12.7 Å². The molecule has 2 unspecified atom stereocenters. The van der Waals surface area contributed by atoms with Gasteiger partial charge in [-0.15, -0.1) is 0 Å². The van der Waals surface area contributed by atoms with Crippen LogP contribution >= 0.6 is 15.9 Å². The Kier molecular flexibility index (Phi) is 5.70. The van der Waals surface area contributed by atoms with Gasteiger partial charge in [0.15, 0.2) is 15.6 Å². The minimum absolute atomic E-state index is 0.139. The Morgan fingerprint density at radius 1 is 1.21 bits per heavy atom. The number of rotatable bonds is 3. The maximum absolute atomic E-state index is 13.7. The fraction of sp³-hybridized carbons (Fsp3) is 0.263. The summed E-state index contributed by atoms with van der Waals surface area (Å²) in [7, 11) is -4.17. The summed E-state index contributed by atoms with van der Waals surface area (Å²) in [6, 6.07) is 3.85. The fourth-order valence-corrected chi connectivity index (χ4v) is 5.93. The van der Waals surface area contributed by atoms with E-state index in [1.54, 1.807) is 6.92 Å². The lowest BCUT2D eigenvalue weighted by Gasteiger charge is -2.29. The van der Waals surface area contributed by atoms with Crippen LogP contribution in [-0.2, 0) is 20.8 Å². The normalized spacial score (nSPS) is 20.1. The quantitative estimate of drug-likeness (QED) is 0.580. The highest BCUT2D eigenvalue weighted by Crippen LogP contribution is 2.40. The third-order valence-corrected chi connectivity index (χ3v) is 7.43. The Balaban J connectivity index is 2.09. The van der Waals surface area contributed by atoms with Gasteiger partial charge in [-0.2, -0.15) is 13.2 Å². The first-order valence-electron chi connectivity index (χ1n) is 8.35. The van der Waals surface area contributed by atoms with Crippen molar-refractivity contribution in [2.45, 2.75) is 35.6 Å². The van der Waals surface area contributed by atoms with Crippen LogP contribution in [0.25, 0.3) is 0 Å². The van der Waals surface area contributed by atoms with Gasteiger partial charge in [0.05, 0.1) is 10.1 Å². The van der Waals surface area contributed by atoms with Crippen LogP contribution in [0.1, 0.15) is 29.2 Å². The second-order valence-corrected chi connectivity index (χ2v) is 9.60. The van der Waals surface area contributed by atoms with Crippen LogP contribution in [0.4, 0.5) is 17.6 Å². The standard InChI is InChI=1S/C19H14BrF4NO3S/c1-10-6-11(21)7-15(20)18(10)14-8-12(26)2-4-16(14)29(27,28)13-3-5-17(25-9-13)19(22,23)24/h2-7,9,14,16H,8H2,1H3. The minimum Gasteiger partial charge on any atom is -0.295 e. The molecule has 2 aromatic rings. The van der Waals surface area contributed by atoms with Gasteiger partial charge in [0, 0.05) is 23.0 Å². The topological polar surface area (TPSA) is 64.1 Å². The Bertz CT molecular complexity index is 1070. The van der Waals surface area contributed by atoms with E-state index < -0.39 is 43.6 Å². The van der Waals surface area contributed by atoms with Crippen molar-refractivity contribution in [3.63, 3.8) is 0 Å². The van der Waals surface area contributed by atoms with E-state index in [1.165, 1.54) is 18.2 Å². The third kappa shape index (κ3) is 4.28. The Morgan fingerprint density at radius 3 is 2.45 bits per heavy atom. The molecule has 0 spiro atoms. The second-order valence-electron chi connectivity index (χ2n) is 6.64. The van der Waals surface area contributed by atoms with E-state index in [2.05, 4.69) is 20.9 Å². The monoisotopic (exact) mass is 491 g/mol. The molecule has 154 valence electrons. The average Bonchev–Trinajstić information content (AvgIpc) is 2.60. The Morgan fingerprint density at radius 2 is 1.90 bits per heavy atom. The van der Waals surface area contributed by atoms with Crippen molar-refractivity contribution < 1.29 is 30.8 Å². The number of ketones is 1. The van der Waals surface area contributed by atoms with E-state index in [0.717, 1.165) is 12.1 Å². The number of aromatic nitrogens is 1. The van der Waals surface area contributed by atoms with E-state index in [4.69, 9.17) is 0 Å². The van der Waals surface area contributed by atoms with E-state index in [0.29, 0.717) is 27.9 Å². The molecule has 1 aromatic carbocycles. The number of halogens is 5. The van der Waals surface area contributed by atoms with Gasteiger partial charge in [-0.05, 0) is 48.4 Å². The molecule has 0 amide bonds. The number of pyridine rings is 1. The Hall–Kier alpha value is -2.07. The maximum Gasteiger partial charge on any atom is 0.433 e. The summed E-state index contributed by atoms with van der Waals surface area (Å²) in [4.78, 5) is 14.8. The third-order valence-electron chi connectivity index (χ3n) is 4.68. The summed E-state index contributed by atoms with van der Waals surface area (Å²) in [6.07, 6.45) is -1.81. The van der Waals surface area contributed by atoms with Gasteiger partial charge in [-0.1, -0.05) is 22.0 Å². The van der Waals surface area contributed by atoms with Crippen molar-refractivity contribution in [2.75, 3.05) is 0 Å². The molecule has 1 heterocycles. The van der Waals surface area contributed by atoms with Gasteiger partial charge in [0.1, 0.15) is 11.5 Å². The number of hydrogen-bond donors (Lipinski definition) is 0. The van der Waals surface area contributed by atoms with Gasteiger partial charge in [-0.25, -0.2) is 12.8 Å². The molecule has 0 N–H and O–H groups in total. The van der Waals surface area contributed by atoms with E-state index in [-0.39, 0.29) is 12.2 Å². The van der Waals surface area contributed by atoms with Crippen LogP contribution in [0.2, 0.25) is 0 Å². The number of aryl methyl sites for hydroxylation is 1. The smallest absolute Gasteiger partial charge is 0.295 e. The number of alkyl halides is 3. The van der Waals surface area contributed by atoms with E-state index in [1.807, 2.05) is 0 Å². The summed E-state index contributed by atoms with van der Waals surface area (Å²) >= 11 is 3.23. The fourth-order valence-electron chi connectivity index (χ4n) is 3.38. The summed E-state index contributed by atoms with van der Waals surface area (Å²) in [6.45, 7) is 1.59. The maximum atomic E-state index is 13.7. The first-order chi connectivity index (χ1) is 13.4. The van der Waals surface area contributed by atoms with E-state index >= 15 is 0 Å². The lowest BCUT2D eigenvalue weighted by atomic mass is 9.84. The SMILES string of the molecule is Cc1cc(F)cc(Br)c1C1CC(=O)C=CC1S(=O)(=O)c1ccc(C(F)(F)F)nc1. The molecular formula is C19H14BrF4NO3S. The molecule has 0 saturated heterocycles. The molecule has 2 atom stereocenters. The number of sulfone groups is 1. The zero-order valence-electron chi connectivity index (χ0n) is 14.9. The lowest BCUT2D eigenvalue weighted by molar-refractivity contribution is -0.141. The first kappa shape index (κ1) is 21.6. The van der Waals surface area contributed by atoms with Crippen molar-refractivity contribution >= 4 is 31.6 Å². The first-order valence-corrected chi connectivity index (χ1v) is 10.7. The number of allylic oxidation sites excluding steroid dienone is 1. The second kappa shape index (κ2) is 7.64. The molecule has 0 bridgehead atoms. The molecule has 10 heteroatoms. The summed E-state index contributed by atoms with van der Waals surface area (Å²) in [5, 5.41) is -1.22. The van der Waals surface area contributed by atoms with Crippen LogP contribution < -0.4 is 0 Å². The van der Waals surface area contributed by atoms with E-state index in [9.17, 15) is 30.8 Å². The van der Waals surface area contributed by atoms with Gasteiger partial charge < -0.3 is 0 Å². The molecule has 0 saturated carbocycles. The van der Waals surface area contributed by atoms with Crippen LogP contribution in [-0.4, -0.2) is 24.4 Å². The lowest BCUT2D eigenvalue weighted by Crippen LogP contribution is -2.32. The highest BCUT2D eigenvalue weighted by atomic mass is 79.9. The zero-order valence-corrected chi connectivity index (χ0v) is 17.3. The van der Waals surface area contributed by atoms with Crippen LogP contribution in [0.15, 0.2) is 52.0 Å². The van der Waals surface area contributed by atoms with Crippen molar-refractivity contribution in [2.24, 2.45) is 0 Å². The van der Waals surface area contributed by atoms with Crippen molar-refractivity contribution in [1.29, 1.82) is 0 Å². The molecular weight excluding hydrogens is 478 g/mol. The molecule has 1 aliphatic carbocycles. The highest BCUT2D eigenvalue weighted by molar-refractivity contribution is 9.10. The molecule has 4 nitrogen and oxygen atoms in total. The zero-order chi connectivity index (χ0) is 21.6. The van der Waals surface area contributed by atoms with Gasteiger partial charge >= 0.3 is 6.18 Å². The number of nitrogens with zero attached hydrogens (tertiary/aromatic N) is 1. The molecule has 1 aliphatic rings. The molecule has 0 fully saturated rings. The number of carbonyl (C=O) groups is 1. The average molecular weight is 492 g/mol. The van der Waals surface area contributed by atoms with Crippen LogP contribution in [0.5, 0.6) is 0 Å². The van der Waals surface area contributed by atoms with Gasteiger partial charge in [0.2, 0.25) is 0 Å². The van der Waals surface area contributed by atoms with Gasteiger partial charge in [0.25, 0.3) is 0 Å². The Labute approximate surface area is 172 Å². The molecule has 29 heavy (non-hydrogen) atoms. The largest absolute Gasteiger partial charge is 0.433 e. The number of benzene rings is 1. The molecule has 3 rings (SSSR count). The number of carbonyl (C=O) groups excluding carboxylic acids is 1. The summed E-state index contributed by atoms with van der Waals surface area (Å²) < 4.78 is 78.4. The van der Waals surface area contributed by atoms with Crippen LogP contribution in [0.3, 0.4) is 0 Å².